The van der Waals surface area contributed by atoms with Gasteiger partial charge in [-0.25, -0.2) is 4.79 Å². The molecule has 0 aliphatic heterocycles. The smallest absolute Gasteiger partial charge is 0.338 e. The molecule has 0 spiro atoms. The lowest BCUT2D eigenvalue weighted by molar-refractivity contribution is -0.139. The SMILES string of the molecule is CC(C#N)NC(Cc1ccccc1C(=O)OC(C)(C)C)C(=O)O. The van der Waals surface area contributed by atoms with Gasteiger partial charge in [-0.05, 0) is 45.7 Å². The van der Waals surface area contributed by atoms with Crippen LogP contribution in [0.3, 0.4) is 0 Å². The van der Waals surface area contributed by atoms with E-state index in [9.17, 15) is 14.7 Å². The summed E-state index contributed by atoms with van der Waals surface area (Å²) < 4.78 is 5.35. The Morgan fingerprint density at radius 2 is 1.96 bits per heavy atom. The molecule has 2 atom stereocenters. The molecule has 0 heterocycles. The molecule has 0 aliphatic carbocycles. The number of carbonyl (C=O) groups is 2. The lowest BCUT2D eigenvalue weighted by Gasteiger charge is -2.21. The number of benzene rings is 1. The van der Waals surface area contributed by atoms with E-state index in [4.69, 9.17) is 10.00 Å². The third kappa shape index (κ3) is 6.09. The summed E-state index contributed by atoms with van der Waals surface area (Å²) >= 11 is 0. The molecule has 23 heavy (non-hydrogen) atoms. The number of carboxylic acids is 1. The van der Waals surface area contributed by atoms with Crippen molar-refractivity contribution in [3.8, 4) is 6.07 Å². The van der Waals surface area contributed by atoms with Gasteiger partial charge in [0.15, 0.2) is 0 Å². The molecule has 0 radical (unpaired) electrons. The minimum Gasteiger partial charge on any atom is -0.480 e. The van der Waals surface area contributed by atoms with E-state index in [2.05, 4.69) is 5.32 Å². The summed E-state index contributed by atoms with van der Waals surface area (Å²) in [6.07, 6.45) is 0.0801. The molecule has 1 aromatic carbocycles. The van der Waals surface area contributed by atoms with E-state index in [0.29, 0.717) is 11.1 Å². The molecule has 6 heteroatoms. The first-order chi connectivity index (χ1) is 10.6. The second kappa shape index (κ2) is 7.75. The number of carbonyl (C=O) groups excluding carboxylic acids is 1. The predicted octanol–water partition coefficient (Wildman–Crippen LogP) is 2.14. The van der Waals surface area contributed by atoms with Crippen LogP contribution < -0.4 is 5.32 Å². The van der Waals surface area contributed by atoms with E-state index in [1.807, 2.05) is 6.07 Å². The first-order valence-corrected chi connectivity index (χ1v) is 7.33. The fraction of sp³-hybridized carbons (Fsp3) is 0.471. The molecule has 0 fully saturated rings. The lowest BCUT2D eigenvalue weighted by atomic mass is 9.99. The summed E-state index contributed by atoms with van der Waals surface area (Å²) in [4.78, 5) is 23.6. The van der Waals surface area contributed by atoms with Gasteiger partial charge in [0.05, 0.1) is 17.7 Å². The van der Waals surface area contributed by atoms with Crippen LogP contribution in [0.1, 0.15) is 43.6 Å². The van der Waals surface area contributed by atoms with Crippen LogP contribution >= 0.6 is 0 Å². The van der Waals surface area contributed by atoms with Gasteiger partial charge in [0.1, 0.15) is 11.6 Å². The van der Waals surface area contributed by atoms with E-state index < -0.39 is 29.6 Å². The van der Waals surface area contributed by atoms with Gasteiger partial charge >= 0.3 is 11.9 Å². The Balaban J connectivity index is 3.02. The Morgan fingerprint density at radius 1 is 1.35 bits per heavy atom. The van der Waals surface area contributed by atoms with Crippen molar-refractivity contribution in [2.45, 2.75) is 51.8 Å². The molecule has 124 valence electrons. The Labute approximate surface area is 136 Å². The van der Waals surface area contributed by atoms with Gasteiger partial charge in [-0.3, -0.25) is 10.1 Å². The zero-order valence-corrected chi connectivity index (χ0v) is 13.8. The van der Waals surface area contributed by atoms with Crippen molar-refractivity contribution >= 4 is 11.9 Å². The maximum atomic E-state index is 12.3. The van der Waals surface area contributed by atoms with Crippen molar-refractivity contribution in [3.05, 3.63) is 35.4 Å². The fourth-order valence-electron chi connectivity index (χ4n) is 2.01. The predicted molar refractivity (Wildman–Crippen MR) is 84.9 cm³/mol. The van der Waals surface area contributed by atoms with E-state index in [-0.39, 0.29) is 6.42 Å². The van der Waals surface area contributed by atoms with Gasteiger partial charge < -0.3 is 9.84 Å². The molecule has 1 aromatic rings. The van der Waals surface area contributed by atoms with Crippen molar-refractivity contribution in [2.75, 3.05) is 0 Å². The lowest BCUT2D eigenvalue weighted by Crippen LogP contribution is -2.43. The topological polar surface area (TPSA) is 99.4 Å². The number of carboxylic acid groups (broad SMARTS) is 1. The monoisotopic (exact) mass is 318 g/mol. The number of hydrogen-bond acceptors (Lipinski definition) is 5. The maximum absolute atomic E-state index is 12.3. The highest BCUT2D eigenvalue weighted by molar-refractivity contribution is 5.91. The molecule has 2 N–H and O–H groups in total. The van der Waals surface area contributed by atoms with Crippen molar-refractivity contribution < 1.29 is 19.4 Å². The zero-order valence-electron chi connectivity index (χ0n) is 13.8. The second-order valence-corrected chi connectivity index (χ2v) is 6.27. The summed E-state index contributed by atoms with van der Waals surface area (Å²) in [6.45, 7) is 6.88. The molecular formula is C17H22N2O4. The Morgan fingerprint density at radius 3 is 2.48 bits per heavy atom. The minimum atomic E-state index is -1.08. The van der Waals surface area contributed by atoms with Gasteiger partial charge in [-0.1, -0.05) is 18.2 Å². The Kier molecular flexibility index (Phi) is 6.28. The van der Waals surface area contributed by atoms with Crippen LogP contribution in [0.2, 0.25) is 0 Å². The molecule has 0 amide bonds. The van der Waals surface area contributed by atoms with E-state index >= 15 is 0 Å². The molecule has 6 nitrogen and oxygen atoms in total. The van der Waals surface area contributed by atoms with E-state index in [1.165, 1.54) is 0 Å². The molecule has 2 unspecified atom stereocenters. The summed E-state index contributed by atoms with van der Waals surface area (Å²) in [5.74, 6) is -1.57. The first-order valence-electron chi connectivity index (χ1n) is 7.33. The molecular weight excluding hydrogens is 296 g/mol. The highest BCUT2D eigenvalue weighted by Gasteiger charge is 2.24. The van der Waals surface area contributed by atoms with Crippen LogP contribution in [0, 0.1) is 11.3 Å². The molecule has 0 aromatic heterocycles. The van der Waals surface area contributed by atoms with Gasteiger partial charge in [0.2, 0.25) is 0 Å². The summed E-state index contributed by atoms with van der Waals surface area (Å²) in [5.41, 5.74) is 0.260. The van der Waals surface area contributed by atoms with Crippen LogP contribution in [0.25, 0.3) is 0 Å². The average molecular weight is 318 g/mol. The van der Waals surface area contributed by atoms with Gasteiger partial charge in [0.25, 0.3) is 0 Å². The van der Waals surface area contributed by atoms with Crippen LogP contribution in [-0.4, -0.2) is 34.7 Å². The highest BCUT2D eigenvalue weighted by atomic mass is 16.6. The van der Waals surface area contributed by atoms with Crippen LogP contribution in [0.15, 0.2) is 24.3 Å². The Hall–Kier alpha value is -2.39. The normalized spacial score (nSPS) is 13.7. The maximum Gasteiger partial charge on any atom is 0.338 e. The number of nitrogens with zero attached hydrogens (tertiary/aromatic N) is 1. The number of nitriles is 1. The molecule has 0 saturated heterocycles. The van der Waals surface area contributed by atoms with Crippen molar-refractivity contribution in [1.29, 1.82) is 5.26 Å². The highest BCUT2D eigenvalue weighted by Crippen LogP contribution is 2.17. The first kappa shape index (κ1) is 18.7. The van der Waals surface area contributed by atoms with Crippen molar-refractivity contribution in [3.63, 3.8) is 0 Å². The summed E-state index contributed by atoms with van der Waals surface area (Å²) in [5, 5.41) is 20.8. The number of ether oxygens (including phenoxy) is 1. The number of rotatable bonds is 6. The number of aliphatic carboxylic acids is 1. The third-order valence-corrected chi connectivity index (χ3v) is 3.00. The number of esters is 1. The minimum absolute atomic E-state index is 0.0801. The van der Waals surface area contributed by atoms with Crippen LogP contribution in [-0.2, 0) is 16.0 Å². The summed E-state index contributed by atoms with van der Waals surface area (Å²) in [7, 11) is 0. The fourth-order valence-corrected chi connectivity index (χ4v) is 2.01. The molecule has 1 rings (SSSR count). The van der Waals surface area contributed by atoms with E-state index in [0.717, 1.165) is 0 Å². The van der Waals surface area contributed by atoms with Gasteiger partial charge in [-0.2, -0.15) is 5.26 Å². The molecule has 0 bridgehead atoms. The molecule has 0 aliphatic rings. The quantitative estimate of drug-likeness (QED) is 0.780. The van der Waals surface area contributed by atoms with Gasteiger partial charge in [-0.15, -0.1) is 0 Å². The van der Waals surface area contributed by atoms with Crippen LogP contribution in [0.4, 0.5) is 0 Å². The zero-order chi connectivity index (χ0) is 17.6. The van der Waals surface area contributed by atoms with Crippen molar-refractivity contribution in [2.24, 2.45) is 0 Å². The largest absolute Gasteiger partial charge is 0.480 e. The molecule has 0 saturated carbocycles. The second-order valence-electron chi connectivity index (χ2n) is 6.27. The van der Waals surface area contributed by atoms with Crippen LogP contribution in [0.5, 0.6) is 0 Å². The van der Waals surface area contributed by atoms with E-state index in [1.54, 1.807) is 52.0 Å². The Bertz CT molecular complexity index is 614. The standard InChI is InChI=1S/C17H22N2O4/c1-11(10-18)19-14(15(20)21)9-12-7-5-6-8-13(12)16(22)23-17(2,3)4/h5-8,11,14,19H,9H2,1-4H3,(H,20,21). The van der Waals surface area contributed by atoms with Gasteiger partial charge in [0, 0.05) is 0 Å². The average Bonchev–Trinajstić information content (AvgIpc) is 2.44. The number of hydrogen-bond donors (Lipinski definition) is 2. The number of nitrogens with one attached hydrogen (secondary N) is 1. The summed E-state index contributed by atoms with van der Waals surface area (Å²) in [6, 6.07) is 7.09. The third-order valence-electron chi connectivity index (χ3n) is 3.00. The van der Waals surface area contributed by atoms with Crippen molar-refractivity contribution in [1.82, 2.24) is 5.32 Å².